The molecule has 0 radical (unpaired) electrons. The lowest BCUT2D eigenvalue weighted by molar-refractivity contribution is -0.118. The molecule has 0 fully saturated rings. The summed E-state index contributed by atoms with van der Waals surface area (Å²) < 4.78 is 5.04. The molecule has 0 heterocycles. The second-order valence-electron chi connectivity index (χ2n) is 10.3. The van der Waals surface area contributed by atoms with Crippen molar-refractivity contribution in [3.8, 4) is 0 Å². The number of allylic oxidation sites excluding steroid dienone is 6. The van der Waals surface area contributed by atoms with Crippen LogP contribution in [0.5, 0.6) is 0 Å². The maximum atomic E-state index is 12.4. The van der Waals surface area contributed by atoms with Crippen LogP contribution in [0, 0.1) is 23.7 Å². The van der Waals surface area contributed by atoms with Crippen LogP contribution >= 0.6 is 0 Å². The lowest BCUT2D eigenvalue weighted by Gasteiger charge is -2.27. The zero-order valence-corrected chi connectivity index (χ0v) is 24.5. The van der Waals surface area contributed by atoms with E-state index in [0.29, 0.717) is 28.0 Å². The average molecular weight is 503 g/mol. The van der Waals surface area contributed by atoms with Gasteiger partial charge < -0.3 is 15.0 Å². The van der Waals surface area contributed by atoms with Crippen molar-refractivity contribution in [3.05, 3.63) is 45.9 Å². The molecule has 2 rings (SSSR count). The van der Waals surface area contributed by atoms with Crippen molar-refractivity contribution in [2.24, 2.45) is 23.7 Å². The van der Waals surface area contributed by atoms with Gasteiger partial charge in [0.05, 0.1) is 12.8 Å². The molecule has 0 aromatic rings. The molecule has 0 spiro atoms. The fraction of sp³-hybridized carbons (Fsp3) is 0.586. The molecule has 202 valence electrons. The van der Waals surface area contributed by atoms with Crippen molar-refractivity contribution in [3.63, 3.8) is 0 Å². The van der Waals surface area contributed by atoms with Gasteiger partial charge in [0.25, 0.3) is 0 Å². The van der Waals surface area contributed by atoms with Crippen LogP contribution in [0.15, 0.2) is 45.9 Å². The number of ketones is 4. The minimum atomic E-state index is -0.200. The number of nitrogens with one attached hydrogen (secondary N) is 1. The van der Waals surface area contributed by atoms with Gasteiger partial charge in [-0.05, 0) is 49.9 Å². The summed E-state index contributed by atoms with van der Waals surface area (Å²) in [6.45, 7) is 15.4. The van der Waals surface area contributed by atoms with Crippen molar-refractivity contribution in [2.45, 2.75) is 55.4 Å². The van der Waals surface area contributed by atoms with Crippen LogP contribution in [0.2, 0.25) is 0 Å². The maximum Gasteiger partial charge on any atom is 0.221 e. The van der Waals surface area contributed by atoms with E-state index in [-0.39, 0.29) is 52.6 Å². The largest absolute Gasteiger partial charge is 0.492 e. The maximum absolute atomic E-state index is 12.4. The van der Waals surface area contributed by atoms with Gasteiger partial charge in [0, 0.05) is 36.4 Å². The summed E-state index contributed by atoms with van der Waals surface area (Å²) in [5.74, 6) is 0.119. The van der Waals surface area contributed by atoms with Crippen LogP contribution in [0.25, 0.3) is 0 Å². The second kappa shape index (κ2) is 14.7. The molecular formula is C29H46N2O5. The first-order chi connectivity index (χ1) is 16.6. The summed E-state index contributed by atoms with van der Waals surface area (Å²) in [6.07, 6.45) is 2.89. The Morgan fingerprint density at radius 3 is 1.33 bits per heavy atom. The number of Topliss-reactive ketones (excluding diaryl/α,β-unsaturated/α-hetero) is 2. The number of ether oxygens (including phenoxy) is 1. The minimum Gasteiger partial charge on any atom is -0.492 e. The number of methoxy groups -OCH3 is 1. The molecule has 0 aliphatic heterocycles. The van der Waals surface area contributed by atoms with Crippen LogP contribution in [0.4, 0.5) is 0 Å². The number of hydrogen-bond donors (Lipinski definition) is 1. The quantitative estimate of drug-likeness (QED) is 0.541. The van der Waals surface area contributed by atoms with Gasteiger partial charge >= 0.3 is 0 Å². The Balaban J connectivity index is 0.000000614. The van der Waals surface area contributed by atoms with Gasteiger partial charge in [0.1, 0.15) is 0 Å². The van der Waals surface area contributed by atoms with Gasteiger partial charge in [-0.1, -0.05) is 55.4 Å². The van der Waals surface area contributed by atoms with E-state index in [0.717, 1.165) is 0 Å². The van der Waals surface area contributed by atoms with E-state index in [1.807, 2.05) is 69.5 Å². The predicted octanol–water partition coefficient (Wildman–Crippen LogP) is 4.31. The first-order valence-corrected chi connectivity index (χ1v) is 12.5. The van der Waals surface area contributed by atoms with Gasteiger partial charge in [-0.3, -0.25) is 19.2 Å². The fourth-order valence-corrected chi connectivity index (χ4v) is 3.92. The third-order valence-electron chi connectivity index (χ3n) is 5.59. The first-order valence-electron chi connectivity index (χ1n) is 12.5. The Morgan fingerprint density at radius 1 is 0.667 bits per heavy atom. The van der Waals surface area contributed by atoms with Gasteiger partial charge in [-0.25, -0.2) is 0 Å². The molecule has 7 nitrogen and oxygen atoms in total. The SMILES string of the molecule is CC(C)C1=CC(=O)C(N(C)C)=C(C(C)C)C1=O.CNC.COC1=C(C(C)C)C(=O)C(C(C)C)=CC1=O. The Bertz CT molecular complexity index is 974. The minimum absolute atomic E-state index is 0.00569. The number of nitrogens with zero attached hydrogens (tertiary/aromatic N) is 1. The fourth-order valence-electron chi connectivity index (χ4n) is 3.92. The topological polar surface area (TPSA) is 92.8 Å². The average Bonchev–Trinajstić information content (AvgIpc) is 2.75. The lowest BCUT2D eigenvalue weighted by Crippen LogP contribution is -2.31. The number of hydrogen-bond acceptors (Lipinski definition) is 7. The highest BCUT2D eigenvalue weighted by atomic mass is 16.5. The van der Waals surface area contributed by atoms with Gasteiger partial charge in [-0.2, -0.15) is 0 Å². The number of likely N-dealkylation sites (N-methyl/N-ethyl adjacent to an activating group) is 1. The van der Waals surface area contributed by atoms with Crippen molar-refractivity contribution < 1.29 is 23.9 Å². The van der Waals surface area contributed by atoms with Gasteiger partial charge in [0.2, 0.25) is 11.6 Å². The van der Waals surface area contributed by atoms with E-state index in [9.17, 15) is 19.2 Å². The molecule has 0 saturated heterocycles. The zero-order valence-electron chi connectivity index (χ0n) is 24.5. The molecule has 0 bridgehead atoms. The first kappa shape index (κ1) is 33.2. The predicted molar refractivity (Wildman–Crippen MR) is 145 cm³/mol. The molecule has 2 aliphatic carbocycles. The van der Waals surface area contributed by atoms with E-state index in [1.165, 1.54) is 19.3 Å². The highest BCUT2D eigenvalue weighted by Gasteiger charge is 2.33. The van der Waals surface area contributed by atoms with Gasteiger partial charge in [-0.15, -0.1) is 0 Å². The molecule has 1 N–H and O–H groups in total. The van der Waals surface area contributed by atoms with Gasteiger partial charge in [0.15, 0.2) is 17.3 Å². The molecule has 2 aliphatic rings. The molecule has 0 amide bonds. The number of carbonyl (C=O) groups is 4. The van der Waals surface area contributed by atoms with Crippen LogP contribution in [-0.2, 0) is 23.9 Å². The van der Waals surface area contributed by atoms with Crippen molar-refractivity contribution >= 4 is 23.1 Å². The second-order valence-corrected chi connectivity index (χ2v) is 10.3. The highest BCUT2D eigenvalue weighted by molar-refractivity contribution is 6.23. The standard InChI is InChI=1S/C14H21NO2.C13H18O3.C2H7N/c1-8(2)10-7-11(16)13(15(5)6)12(9(3)4)14(10)17;1-7(2)9-6-10(14)13(16-5)11(8(3)4)12(9)15;1-3-2/h7-9H,1-6H3;6-8H,1-5H3;3H,1-2H3. The Hall–Kier alpha value is -2.80. The third kappa shape index (κ3) is 8.12. The zero-order chi connectivity index (χ0) is 28.5. The molecule has 0 unspecified atom stereocenters. The molecule has 0 atom stereocenters. The van der Waals surface area contributed by atoms with Crippen LogP contribution in [-0.4, -0.2) is 63.3 Å². The molecule has 0 aromatic carbocycles. The smallest absolute Gasteiger partial charge is 0.221 e. The lowest BCUT2D eigenvalue weighted by atomic mass is 9.82. The molecule has 36 heavy (non-hydrogen) atoms. The third-order valence-corrected chi connectivity index (χ3v) is 5.59. The summed E-state index contributed by atoms with van der Waals surface area (Å²) in [5.41, 5.74) is 2.89. The number of rotatable bonds is 6. The van der Waals surface area contributed by atoms with Crippen molar-refractivity contribution in [1.29, 1.82) is 0 Å². The van der Waals surface area contributed by atoms with E-state index in [4.69, 9.17) is 4.74 Å². The van der Waals surface area contributed by atoms with Crippen LogP contribution in [0.1, 0.15) is 55.4 Å². The highest BCUT2D eigenvalue weighted by Crippen LogP contribution is 2.30. The number of carbonyl (C=O) groups excluding carboxylic acids is 4. The summed E-state index contributed by atoms with van der Waals surface area (Å²) >= 11 is 0. The molecule has 0 aromatic heterocycles. The monoisotopic (exact) mass is 502 g/mol. The summed E-state index contributed by atoms with van der Waals surface area (Å²) in [7, 11) is 8.78. The van der Waals surface area contributed by atoms with Crippen LogP contribution < -0.4 is 5.32 Å². The van der Waals surface area contributed by atoms with E-state index >= 15 is 0 Å². The van der Waals surface area contributed by atoms with Crippen LogP contribution in [0.3, 0.4) is 0 Å². The van der Waals surface area contributed by atoms with E-state index < -0.39 is 0 Å². The summed E-state index contributed by atoms with van der Waals surface area (Å²) in [6, 6.07) is 0. The van der Waals surface area contributed by atoms with E-state index in [1.54, 1.807) is 19.0 Å². The molecule has 0 saturated carbocycles. The Labute approximate surface area is 217 Å². The van der Waals surface area contributed by atoms with Crippen molar-refractivity contribution in [1.82, 2.24) is 10.2 Å². The summed E-state index contributed by atoms with van der Waals surface area (Å²) in [5, 5.41) is 2.75. The Morgan fingerprint density at radius 2 is 1.03 bits per heavy atom. The Kier molecular flexibility index (Phi) is 13.5. The van der Waals surface area contributed by atoms with E-state index in [2.05, 4.69) is 5.32 Å². The molecular weight excluding hydrogens is 456 g/mol. The molecule has 7 heteroatoms. The summed E-state index contributed by atoms with van der Waals surface area (Å²) in [4.78, 5) is 50.1. The normalized spacial score (nSPS) is 16.2. The van der Waals surface area contributed by atoms with Crippen molar-refractivity contribution in [2.75, 3.05) is 35.3 Å².